The molecule has 0 saturated carbocycles. The lowest BCUT2D eigenvalue weighted by atomic mass is 10.9. The Morgan fingerprint density at radius 1 is 1.15 bits per heavy atom. The van der Waals surface area contributed by atoms with Crippen LogP contribution < -0.4 is 0 Å². The maximum Gasteiger partial charge on any atom is 0.192 e. The lowest BCUT2D eigenvalue weighted by molar-refractivity contribution is 0.269. The van der Waals surface area contributed by atoms with Crippen LogP contribution in [0.1, 0.15) is 6.92 Å². The highest BCUT2D eigenvalue weighted by Gasteiger charge is 2.22. The van der Waals surface area contributed by atoms with Gasteiger partial charge in [-0.25, -0.2) is 16.8 Å². The molecule has 0 aromatic rings. The Labute approximate surface area is 78.2 Å². The summed E-state index contributed by atoms with van der Waals surface area (Å²) in [5.74, 6) is 0. The van der Waals surface area contributed by atoms with E-state index in [0.29, 0.717) is 0 Å². The number of rotatable bonds is 4. The van der Waals surface area contributed by atoms with Crippen molar-refractivity contribution < 1.29 is 21.6 Å². The second kappa shape index (κ2) is 4.10. The van der Waals surface area contributed by atoms with Crippen molar-refractivity contribution in [3.05, 3.63) is 10.5 Å². The van der Waals surface area contributed by atoms with Crippen LogP contribution in [-0.2, 0) is 24.4 Å². The highest BCUT2D eigenvalue weighted by molar-refractivity contribution is 8.13. The van der Waals surface area contributed by atoms with Crippen molar-refractivity contribution in [2.45, 2.75) is 6.92 Å². The molecule has 0 aliphatic rings. The minimum Gasteiger partial charge on any atom is -0.499 e. The summed E-state index contributed by atoms with van der Waals surface area (Å²) in [6.07, 6.45) is 2.39. The van der Waals surface area contributed by atoms with Crippen molar-refractivity contribution >= 4 is 19.7 Å². The summed E-state index contributed by atoms with van der Waals surface area (Å²) >= 11 is 0. The molecule has 5 nitrogen and oxygen atoms in total. The molecule has 13 heavy (non-hydrogen) atoms. The van der Waals surface area contributed by atoms with Gasteiger partial charge in [0.15, 0.2) is 23.9 Å². The van der Waals surface area contributed by atoms with Crippen LogP contribution in [0, 0.1) is 0 Å². The topological polar surface area (TPSA) is 77.5 Å². The maximum atomic E-state index is 11.0. The van der Waals surface area contributed by atoms with E-state index in [4.69, 9.17) is 0 Å². The first-order valence-electron chi connectivity index (χ1n) is 3.41. The molecule has 0 aromatic carbocycles. The average Bonchev–Trinajstić information content (AvgIpc) is 1.81. The second-order valence-corrected chi connectivity index (χ2v) is 6.66. The highest BCUT2D eigenvalue weighted by atomic mass is 32.3. The van der Waals surface area contributed by atoms with Crippen molar-refractivity contribution in [1.82, 2.24) is 0 Å². The van der Waals surface area contributed by atoms with E-state index in [1.165, 1.54) is 0 Å². The zero-order valence-electron chi connectivity index (χ0n) is 7.64. The molecule has 0 fully saturated rings. The SMILES string of the molecule is CCOC=C(S(C)(=O)=O)S(C)(=O)=O. The van der Waals surface area contributed by atoms with E-state index < -0.39 is 23.9 Å². The predicted molar refractivity (Wildman–Crippen MR) is 49.4 cm³/mol. The van der Waals surface area contributed by atoms with E-state index >= 15 is 0 Å². The van der Waals surface area contributed by atoms with Gasteiger partial charge in [-0.3, -0.25) is 0 Å². The first kappa shape index (κ1) is 12.4. The molecule has 0 bridgehead atoms. The minimum atomic E-state index is -3.75. The van der Waals surface area contributed by atoms with Crippen molar-refractivity contribution in [3.63, 3.8) is 0 Å². The summed E-state index contributed by atoms with van der Waals surface area (Å²) in [5, 5.41) is 0. The van der Waals surface area contributed by atoms with E-state index in [0.717, 1.165) is 18.8 Å². The molecule has 0 atom stereocenters. The summed E-state index contributed by atoms with van der Waals surface area (Å²) in [6.45, 7) is 1.84. The van der Waals surface area contributed by atoms with E-state index in [1.807, 2.05) is 0 Å². The average molecular weight is 228 g/mol. The summed E-state index contributed by atoms with van der Waals surface area (Å²) in [6, 6.07) is 0. The molecule has 0 spiro atoms. The fourth-order valence-electron chi connectivity index (χ4n) is 0.601. The van der Waals surface area contributed by atoms with Crippen LogP contribution in [0.15, 0.2) is 10.5 Å². The van der Waals surface area contributed by atoms with E-state index in [-0.39, 0.29) is 6.61 Å². The third-order valence-corrected chi connectivity index (χ3v) is 4.55. The molecule has 0 N–H and O–H groups in total. The van der Waals surface area contributed by atoms with Crippen LogP contribution in [0.3, 0.4) is 0 Å². The van der Waals surface area contributed by atoms with Crippen molar-refractivity contribution in [2.24, 2.45) is 0 Å². The molecule has 0 aromatic heterocycles. The fraction of sp³-hybridized carbons (Fsp3) is 0.667. The number of ether oxygens (including phenoxy) is 1. The van der Waals surface area contributed by atoms with E-state index in [2.05, 4.69) is 4.74 Å². The first-order valence-corrected chi connectivity index (χ1v) is 7.19. The molecule has 0 rings (SSSR count). The Hall–Kier alpha value is -0.560. The van der Waals surface area contributed by atoms with E-state index in [1.54, 1.807) is 6.92 Å². The Kier molecular flexibility index (Phi) is 3.92. The lowest BCUT2D eigenvalue weighted by Gasteiger charge is -2.02. The normalized spacial score (nSPS) is 12.2. The van der Waals surface area contributed by atoms with E-state index in [9.17, 15) is 16.8 Å². The second-order valence-electron chi connectivity index (χ2n) is 2.44. The third kappa shape index (κ3) is 4.28. The zero-order chi connectivity index (χ0) is 10.7. The van der Waals surface area contributed by atoms with Crippen molar-refractivity contribution in [2.75, 3.05) is 19.1 Å². The standard InChI is InChI=1S/C6H12O5S2/c1-4-11-5-6(12(2,7)8)13(3,9)10/h5H,4H2,1-3H3. The molecular weight excluding hydrogens is 216 g/mol. The van der Waals surface area contributed by atoms with Gasteiger partial charge in [0, 0.05) is 12.5 Å². The smallest absolute Gasteiger partial charge is 0.192 e. The van der Waals surface area contributed by atoms with Gasteiger partial charge >= 0.3 is 0 Å². The monoisotopic (exact) mass is 228 g/mol. The molecular formula is C6H12O5S2. The Balaban J connectivity index is 5.27. The van der Waals surface area contributed by atoms with Crippen LogP contribution in [-0.4, -0.2) is 36.0 Å². The van der Waals surface area contributed by atoms with Crippen LogP contribution in [0.25, 0.3) is 0 Å². The molecule has 0 aliphatic carbocycles. The Bertz CT molecular complexity index is 353. The van der Waals surface area contributed by atoms with Gasteiger partial charge in [-0.1, -0.05) is 0 Å². The quantitative estimate of drug-likeness (QED) is 0.628. The van der Waals surface area contributed by atoms with Crippen LogP contribution in [0.5, 0.6) is 0 Å². The van der Waals surface area contributed by atoms with Crippen LogP contribution in [0.4, 0.5) is 0 Å². The predicted octanol–water partition coefficient (Wildman–Crippen LogP) is -0.0890. The van der Waals surface area contributed by atoms with Gasteiger partial charge in [-0.05, 0) is 6.92 Å². The van der Waals surface area contributed by atoms with Gasteiger partial charge < -0.3 is 4.74 Å². The molecule has 7 heteroatoms. The van der Waals surface area contributed by atoms with Gasteiger partial charge in [0.1, 0.15) is 6.26 Å². The van der Waals surface area contributed by atoms with Crippen LogP contribution in [0.2, 0.25) is 0 Å². The molecule has 0 heterocycles. The molecule has 0 saturated heterocycles. The number of hydrogen-bond donors (Lipinski definition) is 0. The molecule has 0 amide bonds. The van der Waals surface area contributed by atoms with Gasteiger partial charge in [0.25, 0.3) is 0 Å². The summed E-state index contributed by atoms with van der Waals surface area (Å²) in [4.78, 5) is 0. The Morgan fingerprint density at radius 2 is 1.54 bits per heavy atom. The zero-order valence-corrected chi connectivity index (χ0v) is 9.28. The molecule has 78 valence electrons. The number of hydrogen-bond acceptors (Lipinski definition) is 5. The summed E-state index contributed by atoms with van der Waals surface area (Å²) in [5.41, 5.74) is 0. The third-order valence-electron chi connectivity index (χ3n) is 1.08. The largest absolute Gasteiger partial charge is 0.499 e. The lowest BCUT2D eigenvalue weighted by Crippen LogP contribution is -2.11. The van der Waals surface area contributed by atoms with Gasteiger partial charge in [-0.2, -0.15) is 0 Å². The maximum absolute atomic E-state index is 11.0. The number of sulfone groups is 2. The van der Waals surface area contributed by atoms with Crippen molar-refractivity contribution in [1.29, 1.82) is 0 Å². The Morgan fingerprint density at radius 3 is 1.77 bits per heavy atom. The first-order chi connectivity index (χ1) is 5.69. The molecule has 0 unspecified atom stereocenters. The highest BCUT2D eigenvalue weighted by Crippen LogP contribution is 2.11. The summed E-state index contributed by atoms with van der Waals surface area (Å²) < 4.78 is 47.8. The van der Waals surface area contributed by atoms with Gasteiger partial charge in [0.2, 0.25) is 0 Å². The fourth-order valence-corrected chi connectivity index (χ4v) is 3.29. The van der Waals surface area contributed by atoms with Gasteiger partial charge in [0.05, 0.1) is 6.61 Å². The van der Waals surface area contributed by atoms with Crippen molar-refractivity contribution in [3.8, 4) is 0 Å². The molecule has 0 aliphatic heterocycles. The molecule has 0 radical (unpaired) electrons. The van der Waals surface area contributed by atoms with Gasteiger partial charge in [-0.15, -0.1) is 0 Å². The minimum absolute atomic E-state index is 0.217. The summed E-state index contributed by atoms with van der Waals surface area (Å²) in [7, 11) is -7.49. The van der Waals surface area contributed by atoms with Crippen LogP contribution >= 0.6 is 0 Å².